The lowest BCUT2D eigenvalue weighted by molar-refractivity contribution is 0.303. The van der Waals surface area contributed by atoms with E-state index in [0.717, 1.165) is 40.3 Å². The molecule has 0 spiro atoms. The summed E-state index contributed by atoms with van der Waals surface area (Å²) in [4.78, 5) is 18.4. The molecule has 0 saturated heterocycles. The first kappa shape index (κ1) is 20.2. The lowest BCUT2D eigenvalue weighted by atomic mass is 10.1. The highest BCUT2D eigenvalue weighted by Gasteiger charge is 2.13. The summed E-state index contributed by atoms with van der Waals surface area (Å²) in [5.41, 5.74) is 1.93. The molecule has 0 aliphatic carbocycles. The van der Waals surface area contributed by atoms with Crippen molar-refractivity contribution >= 4 is 21.6 Å². The van der Waals surface area contributed by atoms with Crippen LogP contribution in [0, 0.1) is 0 Å². The van der Waals surface area contributed by atoms with Crippen LogP contribution in [0.25, 0.3) is 21.3 Å². The molecule has 0 unspecified atom stereocenters. The number of aromatic nitrogens is 2. The molecule has 0 bridgehead atoms. The lowest BCUT2D eigenvalue weighted by Crippen LogP contribution is -2.20. The van der Waals surface area contributed by atoms with Crippen molar-refractivity contribution in [1.29, 1.82) is 0 Å². The van der Waals surface area contributed by atoms with E-state index >= 15 is 0 Å². The molecule has 30 heavy (non-hydrogen) atoms. The average molecular weight is 421 g/mol. The number of nitrogens with zero attached hydrogens (tertiary/aromatic N) is 2. The Balaban J connectivity index is 1.45. The molecule has 2 heterocycles. The zero-order chi connectivity index (χ0) is 20.8. The predicted octanol–water partition coefficient (Wildman–Crippen LogP) is 5.38. The van der Waals surface area contributed by atoms with Gasteiger partial charge in [-0.05, 0) is 49.6 Å². The maximum Gasteiger partial charge on any atom is 0.262 e. The Kier molecular flexibility index (Phi) is 6.44. The van der Waals surface area contributed by atoms with Gasteiger partial charge in [0.15, 0.2) is 0 Å². The van der Waals surface area contributed by atoms with Crippen LogP contribution in [-0.2, 0) is 6.54 Å². The summed E-state index contributed by atoms with van der Waals surface area (Å²) in [6.45, 7) is 3.84. The predicted molar refractivity (Wildman–Crippen MR) is 122 cm³/mol. The van der Waals surface area contributed by atoms with Crippen molar-refractivity contribution in [1.82, 2.24) is 9.55 Å². The molecule has 0 aliphatic heterocycles. The molecule has 154 valence electrons. The number of ether oxygens (including phenoxy) is 2. The van der Waals surface area contributed by atoms with Gasteiger partial charge >= 0.3 is 0 Å². The first-order chi connectivity index (χ1) is 14.8. The Labute approximate surface area is 179 Å². The third kappa shape index (κ3) is 4.54. The van der Waals surface area contributed by atoms with Gasteiger partial charge in [0, 0.05) is 17.5 Å². The van der Waals surface area contributed by atoms with Crippen LogP contribution < -0.4 is 15.0 Å². The molecule has 0 N–H and O–H groups in total. The Morgan fingerprint density at radius 3 is 2.50 bits per heavy atom. The van der Waals surface area contributed by atoms with Crippen molar-refractivity contribution in [2.75, 3.05) is 13.2 Å². The molecule has 4 rings (SSSR count). The topological polar surface area (TPSA) is 53.4 Å². The molecule has 2 aromatic carbocycles. The summed E-state index contributed by atoms with van der Waals surface area (Å²) in [5.74, 6) is 1.70. The van der Waals surface area contributed by atoms with Gasteiger partial charge in [0.05, 0.1) is 24.9 Å². The average Bonchev–Trinajstić information content (AvgIpc) is 3.21. The van der Waals surface area contributed by atoms with E-state index in [1.807, 2.05) is 66.9 Å². The van der Waals surface area contributed by atoms with E-state index in [1.54, 1.807) is 10.9 Å². The monoisotopic (exact) mass is 420 g/mol. The number of hydrogen-bond acceptors (Lipinski definition) is 5. The van der Waals surface area contributed by atoms with Gasteiger partial charge in [0.25, 0.3) is 5.56 Å². The largest absolute Gasteiger partial charge is 0.494 e. The zero-order valence-electron chi connectivity index (χ0n) is 16.9. The highest BCUT2D eigenvalue weighted by molar-refractivity contribution is 7.17. The highest BCUT2D eigenvalue weighted by atomic mass is 32.1. The van der Waals surface area contributed by atoms with E-state index in [1.165, 1.54) is 11.3 Å². The van der Waals surface area contributed by atoms with Gasteiger partial charge in [-0.3, -0.25) is 9.36 Å². The molecule has 0 fully saturated rings. The fourth-order valence-corrected chi connectivity index (χ4v) is 4.23. The molecule has 0 amide bonds. The van der Waals surface area contributed by atoms with Crippen molar-refractivity contribution in [3.8, 4) is 22.6 Å². The van der Waals surface area contributed by atoms with Gasteiger partial charge in [0.2, 0.25) is 0 Å². The summed E-state index contributed by atoms with van der Waals surface area (Å²) in [5, 5.41) is 2.69. The molecule has 6 heteroatoms. The summed E-state index contributed by atoms with van der Waals surface area (Å²) >= 11 is 1.50. The van der Waals surface area contributed by atoms with Gasteiger partial charge in [0.1, 0.15) is 16.3 Å². The summed E-state index contributed by atoms with van der Waals surface area (Å²) in [7, 11) is 0. The Hall–Kier alpha value is -3.12. The number of fused-ring (bicyclic) bond motifs is 1. The lowest BCUT2D eigenvalue weighted by Gasteiger charge is -2.08. The van der Waals surface area contributed by atoms with Gasteiger partial charge in [-0.25, -0.2) is 4.98 Å². The molecule has 0 aliphatic rings. The molecule has 2 aromatic heterocycles. The second-order valence-corrected chi connectivity index (χ2v) is 7.76. The normalized spacial score (nSPS) is 11.0. The highest BCUT2D eigenvalue weighted by Crippen LogP contribution is 2.31. The molecular formula is C24H24N2O3S. The third-order valence-electron chi connectivity index (χ3n) is 4.84. The maximum absolute atomic E-state index is 13.1. The van der Waals surface area contributed by atoms with Crippen molar-refractivity contribution in [2.45, 2.75) is 26.3 Å². The van der Waals surface area contributed by atoms with Crippen molar-refractivity contribution < 1.29 is 9.47 Å². The fraction of sp³-hybridized carbons (Fsp3) is 0.250. The van der Waals surface area contributed by atoms with E-state index in [2.05, 4.69) is 4.98 Å². The number of para-hydroxylation sites is 1. The minimum atomic E-state index is 0.00844. The van der Waals surface area contributed by atoms with Crippen LogP contribution in [0.4, 0.5) is 0 Å². The quantitative estimate of drug-likeness (QED) is 0.341. The second-order valence-electron chi connectivity index (χ2n) is 6.90. The van der Waals surface area contributed by atoms with Gasteiger partial charge in [-0.1, -0.05) is 30.3 Å². The number of rotatable bonds is 9. The Bertz CT molecular complexity index is 1150. The molecule has 5 nitrogen and oxygen atoms in total. The van der Waals surface area contributed by atoms with Crippen molar-refractivity contribution in [3.63, 3.8) is 0 Å². The van der Waals surface area contributed by atoms with E-state index < -0.39 is 0 Å². The summed E-state index contributed by atoms with van der Waals surface area (Å²) in [6, 6.07) is 17.6. The van der Waals surface area contributed by atoms with Crippen LogP contribution >= 0.6 is 11.3 Å². The van der Waals surface area contributed by atoms with Crippen molar-refractivity contribution in [3.05, 3.63) is 76.7 Å². The van der Waals surface area contributed by atoms with E-state index in [0.29, 0.717) is 25.1 Å². The molecule has 0 saturated carbocycles. The van der Waals surface area contributed by atoms with Crippen LogP contribution in [-0.4, -0.2) is 22.8 Å². The first-order valence-electron chi connectivity index (χ1n) is 10.1. The van der Waals surface area contributed by atoms with Gasteiger partial charge in [-0.2, -0.15) is 0 Å². The van der Waals surface area contributed by atoms with Gasteiger partial charge < -0.3 is 9.47 Å². The minimum Gasteiger partial charge on any atom is -0.494 e. The van der Waals surface area contributed by atoms with Gasteiger partial charge in [-0.15, -0.1) is 11.3 Å². The summed E-state index contributed by atoms with van der Waals surface area (Å²) in [6.07, 6.45) is 3.37. The van der Waals surface area contributed by atoms with Crippen LogP contribution in [0.3, 0.4) is 0 Å². The number of thiophene rings is 1. The van der Waals surface area contributed by atoms with Crippen LogP contribution in [0.5, 0.6) is 11.5 Å². The Morgan fingerprint density at radius 1 is 0.967 bits per heavy atom. The number of hydrogen-bond donors (Lipinski definition) is 0. The molecule has 4 aromatic rings. The molecule has 0 atom stereocenters. The zero-order valence-corrected chi connectivity index (χ0v) is 17.7. The van der Waals surface area contributed by atoms with Crippen LogP contribution in [0.15, 0.2) is 71.1 Å². The third-order valence-corrected chi connectivity index (χ3v) is 5.73. The minimum absolute atomic E-state index is 0.00844. The summed E-state index contributed by atoms with van der Waals surface area (Å²) < 4.78 is 12.9. The smallest absolute Gasteiger partial charge is 0.262 e. The van der Waals surface area contributed by atoms with E-state index in [9.17, 15) is 4.79 Å². The Morgan fingerprint density at radius 2 is 1.73 bits per heavy atom. The number of unbranched alkanes of at least 4 members (excludes halogenated alkanes) is 1. The van der Waals surface area contributed by atoms with Crippen LogP contribution in [0.1, 0.15) is 19.8 Å². The van der Waals surface area contributed by atoms with Crippen molar-refractivity contribution in [2.24, 2.45) is 0 Å². The number of aryl methyl sites for hydroxylation is 1. The molecule has 0 radical (unpaired) electrons. The standard InChI is InChI=1S/C24H24N2O3S/c1-2-28-20-12-10-18(11-13-20)21-16-30-23-22(21)24(27)26(17-25-23)14-6-7-15-29-19-8-4-3-5-9-19/h3-5,8-13,16-17H,2,6-7,14-15H2,1H3. The fourth-order valence-electron chi connectivity index (χ4n) is 3.33. The van der Waals surface area contributed by atoms with E-state index in [4.69, 9.17) is 9.47 Å². The molecular weight excluding hydrogens is 396 g/mol. The maximum atomic E-state index is 13.1. The second kappa shape index (κ2) is 9.59. The first-order valence-corrected chi connectivity index (χ1v) is 11.0. The van der Waals surface area contributed by atoms with E-state index in [-0.39, 0.29) is 5.56 Å². The van der Waals surface area contributed by atoms with Crippen LogP contribution in [0.2, 0.25) is 0 Å². The number of benzene rings is 2. The SMILES string of the molecule is CCOc1ccc(-c2csc3ncn(CCCCOc4ccccc4)c(=O)c23)cc1.